The van der Waals surface area contributed by atoms with Gasteiger partial charge in [-0.3, -0.25) is 0 Å². The lowest BCUT2D eigenvalue weighted by Gasteiger charge is -2.25. The van der Waals surface area contributed by atoms with Gasteiger partial charge >= 0.3 is 0 Å². The van der Waals surface area contributed by atoms with Crippen LogP contribution in [0.15, 0.2) is 0 Å². The molecule has 1 fully saturated rings. The SMILES string of the molecule is C#CCOCCN1CC[CH]CC1. The van der Waals surface area contributed by atoms with E-state index in [2.05, 4.69) is 17.2 Å². The first kappa shape index (κ1) is 9.57. The van der Waals surface area contributed by atoms with Crippen molar-refractivity contribution in [2.24, 2.45) is 0 Å². The van der Waals surface area contributed by atoms with Crippen LogP contribution in [0.2, 0.25) is 0 Å². The lowest BCUT2D eigenvalue weighted by atomic mass is 10.1. The van der Waals surface area contributed by atoms with Gasteiger partial charge in [-0.05, 0) is 32.4 Å². The number of hydrogen-bond donors (Lipinski definition) is 0. The maximum absolute atomic E-state index is 5.20. The topological polar surface area (TPSA) is 12.5 Å². The highest BCUT2D eigenvalue weighted by Gasteiger charge is 2.08. The summed E-state index contributed by atoms with van der Waals surface area (Å²) in [6.07, 6.45) is 9.83. The first-order valence-electron chi connectivity index (χ1n) is 4.48. The molecule has 67 valence electrons. The average molecular weight is 166 g/mol. The molecule has 1 radical (unpaired) electrons. The van der Waals surface area contributed by atoms with Crippen LogP contribution in [0.4, 0.5) is 0 Å². The Bertz CT molecular complexity index is 144. The first-order valence-corrected chi connectivity index (χ1v) is 4.48. The Hall–Kier alpha value is -0.520. The summed E-state index contributed by atoms with van der Waals surface area (Å²) < 4.78 is 5.20. The molecule has 0 aromatic heterocycles. The molecule has 2 heteroatoms. The zero-order valence-electron chi connectivity index (χ0n) is 7.46. The van der Waals surface area contributed by atoms with Crippen molar-refractivity contribution in [3.63, 3.8) is 0 Å². The van der Waals surface area contributed by atoms with Crippen molar-refractivity contribution in [2.75, 3.05) is 32.8 Å². The molecular weight excluding hydrogens is 150 g/mol. The van der Waals surface area contributed by atoms with Gasteiger partial charge in [-0.15, -0.1) is 6.42 Å². The summed E-state index contributed by atoms with van der Waals surface area (Å²) in [4.78, 5) is 2.41. The van der Waals surface area contributed by atoms with Gasteiger partial charge in [0.25, 0.3) is 0 Å². The predicted octanol–water partition coefficient (Wildman–Crippen LogP) is 0.936. The zero-order valence-corrected chi connectivity index (χ0v) is 7.46. The minimum atomic E-state index is 0.444. The predicted molar refractivity (Wildman–Crippen MR) is 49.6 cm³/mol. The van der Waals surface area contributed by atoms with E-state index in [-0.39, 0.29) is 0 Å². The van der Waals surface area contributed by atoms with Crippen molar-refractivity contribution in [1.82, 2.24) is 4.90 Å². The Morgan fingerprint density at radius 3 is 2.83 bits per heavy atom. The highest BCUT2D eigenvalue weighted by atomic mass is 16.5. The second-order valence-corrected chi connectivity index (χ2v) is 2.96. The van der Waals surface area contributed by atoms with E-state index in [1.807, 2.05) is 0 Å². The highest BCUT2D eigenvalue weighted by molar-refractivity contribution is 4.83. The van der Waals surface area contributed by atoms with E-state index in [4.69, 9.17) is 11.2 Å². The molecule has 0 bridgehead atoms. The monoisotopic (exact) mass is 166 g/mol. The van der Waals surface area contributed by atoms with Crippen molar-refractivity contribution < 1.29 is 4.74 Å². The summed E-state index contributed by atoms with van der Waals surface area (Å²) in [7, 11) is 0. The molecule has 1 heterocycles. The molecule has 0 aromatic rings. The van der Waals surface area contributed by atoms with Gasteiger partial charge in [0.15, 0.2) is 0 Å². The largest absolute Gasteiger partial charge is 0.367 e. The van der Waals surface area contributed by atoms with Crippen molar-refractivity contribution in [1.29, 1.82) is 0 Å². The molecule has 0 unspecified atom stereocenters. The van der Waals surface area contributed by atoms with Crippen molar-refractivity contribution in [3.8, 4) is 12.3 Å². The lowest BCUT2D eigenvalue weighted by Crippen LogP contribution is -2.32. The van der Waals surface area contributed by atoms with Crippen molar-refractivity contribution in [3.05, 3.63) is 6.42 Å². The van der Waals surface area contributed by atoms with E-state index in [0.717, 1.165) is 13.2 Å². The smallest absolute Gasteiger partial charge is 0.107 e. The van der Waals surface area contributed by atoms with Crippen LogP contribution in [-0.4, -0.2) is 37.7 Å². The van der Waals surface area contributed by atoms with Gasteiger partial charge in [-0.1, -0.05) is 5.92 Å². The van der Waals surface area contributed by atoms with E-state index in [0.29, 0.717) is 6.61 Å². The summed E-state index contributed by atoms with van der Waals surface area (Å²) >= 11 is 0. The van der Waals surface area contributed by atoms with Crippen molar-refractivity contribution in [2.45, 2.75) is 12.8 Å². The van der Waals surface area contributed by atoms with Gasteiger partial charge in [0, 0.05) is 6.54 Å². The van der Waals surface area contributed by atoms with Crippen molar-refractivity contribution >= 4 is 0 Å². The van der Waals surface area contributed by atoms with E-state index < -0.39 is 0 Å². The third kappa shape index (κ3) is 3.75. The van der Waals surface area contributed by atoms with Crippen LogP contribution >= 0.6 is 0 Å². The summed E-state index contributed by atoms with van der Waals surface area (Å²) in [5.41, 5.74) is 0. The number of hydrogen-bond acceptors (Lipinski definition) is 2. The summed E-state index contributed by atoms with van der Waals surface area (Å²) in [6.45, 7) is 4.60. The molecular formula is C10H16NO. The minimum Gasteiger partial charge on any atom is -0.367 e. The molecule has 0 aliphatic carbocycles. The Labute approximate surface area is 74.9 Å². The molecule has 12 heavy (non-hydrogen) atoms. The molecule has 1 aliphatic heterocycles. The molecule has 1 rings (SSSR count). The average Bonchev–Trinajstić information content (AvgIpc) is 2.14. The van der Waals surface area contributed by atoms with Crippen LogP contribution in [0.25, 0.3) is 0 Å². The van der Waals surface area contributed by atoms with Gasteiger partial charge < -0.3 is 9.64 Å². The maximum atomic E-state index is 5.20. The summed E-state index contributed by atoms with van der Waals surface area (Å²) in [5.74, 6) is 2.46. The van der Waals surface area contributed by atoms with Gasteiger partial charge in [0.2, 0.25) is 0 Å². The lowest BCUT2D eigenvalue weighted by molar-refractivity contribution is 0.123. The molecule has 0 atom stereocenters. The van der Waals surface area contributed by atoms with Crippen LogP contribution < -0.4 is 0 Å². The zero-order chi connectivity index (χ0) is 8.65. The van der Waals surface area contributed by atoms with E-state index in [9.17, 15) is 0 Å². The number of piperidine rings is 1. The van der Waals surface area contributed by atoms with Gasteiger partial charge in [0.1, 0.15) is 6.61 Å². The Morgan fingerprint density at radius 2 is 2.17 bits per heavy atom. The number of terminal acetylenes is 1. The third-order valence-electron chi connectivity index (χ3n) is 2.04. The number of likely N-dealkylation sites (tertiary alicyclic amines) is 1. The van der Waals surface area contributed by atoms with Gasteiger partial charge in [-0.2, -0.15) is 0 Å². The molecule has 2 nitrogen and oxygen atoms in total. The van der Waals surface area contributed by atoms with E-state index in [1.165, 1.54) is 25.9 Å². The molecule has 0 saturated carbocycles. The minimum absolute atomic E-state index is 0.444. The fraction of sp³-hybridized carbons (Fsp3) is 0.700. The fourth-order valence-electron chi connectivity index (χ4n) is 1.35. The molecule has 0 amide bonds. The number of ether oxygens (including phenoxy) is 1. The van der Waals surface area contributed by atoms with Crippen LogP contribution in [0, 0.1) is 18.8 Å². The fourth-order valence-corrected chi connectivity index (χ4v) is 1.35. The first-order chi connectivity index (χ1) is 5.93. The quantitative estimate of drug-likeness (QED) is 0.455. The standard InChI is InChI=1S/C10H16NO/c1-2-9-12-10-8-11-6-4-3-5-7-11/h1,3H,4-10H2. The van der Waals surface area contributed by atoms with Crippen LogP contribution in [0.5, 0.6) is 0 Å². The summed E-state index contributed by atoms with van der Waals surface area (Å²) in [6, 6.07) is 0. The third-order valence-corrected chi connectivity index (χ3v) is 2.04. The maximum Gasteiger partial charge on any atom is 0.107 e. The molecule has 1 saturated heterocycles. The Kier molecular flexibility index (Phi) is 4.82. The highest BCUT2D eigenvalue weighted by Crippen LogP contribution is 2.06. The van der Waals surface area contributed by atoms with Crippen LogP contribution in [-0.2, 0) is 4.74 Å². The van der Waals surface area contributed by atoms with Gasteiger partial charge in [0.05, 0.1) is 6.61 Å². The second kappa shape index (κ2) is 6.05. The van der Waals surface area contributed by atoms with E-state index in [1.54, 1.807) is 0 Å². The molecule has 0 aromatic carbocycles. The molecule has 1 aliphatic rings. The van der Waals surface area contributed by atoms with Crippen LogP contribution in [0.3, 0.4) is 0 Å². The van der Waals surface area contributed by atoms with Crippen LogP contribution in [0.1, 0.15) is 12.8 Å². The molecule has 0 spiro atoms. The second-order valence-electron chi connectivity index (χ2n) is 2.96. The normalized spacial score (nSPS) is 18.9. The molecule has 0 N–H and O–H groups in total. The Morgan fingerprint density at radius 1 is 1.42 bits per heavy atom. The van der Waals surface area contributed by atoms with E-state index >= 15 is 0 Å². The number of nitrogens with zero attached hydrogens (tertiary/aromatic N) is 1. The summed E-state index contributed by atoms with van der Waals surface area (Å²) in [5, 5.41) is 0. The van der Waals surface area contributed by atoms with Gasteiger partial charge in [-0.25, -0.2) is 0 Å². The number of rotatable bonds is 4. The Balaban J connectivity index is 1.95.